The van der Waals surface area contributed by atoms with E-state index in [1.54, 1.807) is 6.20 Å². The molecule has 3 nitrogen and oxygen atoms in total. The van der Waals surface area contributed by atoms with E-state index < -0.39 is 0 Å². The molecule has 4 heteroatoms. The molecule has 1 aromatic heterocycles. The summed E-state index contributed by atoms with van der Waals surface area (Å²) in [5, 5.41) is 3.42. The normalized spacial score (nSPS) is 12.2. The second-order valence-corrected chi connectivity index (χ2v) is 5.57. The molecule has 0 bridgehead atoms. The Morgan fingerprint density at radius 2 is 2.10 bits per heavy atom. The van der Waals surface area contributed by atoms with Crippen LogP contribution in [0.15, 0.2) is 47.1 Å². The smallest absolute Gasteiger partial charge is 0.145 e. The number of hydrogen-bond donors (Lipinski definition) is 1. The fourth-order valence-corrected chi connectivity index (χ4v) is 2.22. The maximum atomic E-state index is 5.76. The number of aromatic nitrogens is 1. The summed E-state index contributed by atoms with van der Waals surface area (Å²) < 4.78 is 6.76. The predicted octanol–water partition coefficient (Wildman–Crippen LogP) is 4.70. The summed E-state index contributed by atoms with van der Waals surface area (Å²) in [5.41, 5.74) is 1.03. The van der Waals surface area contributed by atoms with Crippen LogP contribution < -0.4 is 10.1 Å². The van der Waals surface area contributed by atoms with Crippen molar-refractivity contribution in [2.24, 2.45) is 0 Å². The zero-order chi connectivity index (χ0) is 14.4. The van der Waals surface area contributed by atoms with E-state index in [1.165, 1.54) is 0 Å². The van der Waals surface area contributed by atoms with Gasteiger partial charge in [0.05, 0.1) is 11.9 Å². The molecule has 1 aromatic carbocycles. The zero-order valence-corrected chi connectivity index (χ0v) is 13.4. The summed E-state index contributed by atoms with van der Waals surface area (Å²) in [5.74, 6) is 1.54. The Labute approximate surface area is 128 Å². The Balaban J connectivity index is 2.01. The molecule has 0 aliphatic rings. The first-order valence-corrected chi connectivity index (χ1v) is 7.61. The molecule has 0 spiro atoms. The predicted molar refractivity (Wildman–Crippen MR) is 85.2 cm³/mol. The van der Waals surface area contributed by atoms with Gasteiger partial charge in [-0.25, -0.2) is 0 Å². The molecule has 0 saturated carbocycles. The third kappa shape index (κ3) is 4.32. The molecule has 1 unspecified atom stereocenters. The van der Waals surface area contributed by atoms with E-state index in [0.29, 0.717) is 0 Å². The first-order chi connectivity index (χ1) is 9.69. The number of benzene rings is 1. The second-order valence-electron chi connectivity index (χ2n) is 4.65. The Bertz CT molecular complexity index is 542. The Kier molecular flexibility index (Phi) is 5.56. The van der Waals surface area contributed by atoms with Gasteiger partial charge in [0.2, 0.25) is 0 Å². The maximum Gasteiger partial charge on any atom is 0.145 e. The number of pyridine rings is 1. The summed E-state index contributed by atoms with van der Waals surface area (Å²) in [6.07, 6.45) is 2.88. The molecule has 2 aromatic rings. The van der Waals surface area contributed by atoms with Gasteiger partial charge in [0, 0.05) is 10.5 Å². The van der Waals surface area contributed by atoms with Crippen molar-refractivity contribution < 1.29 is 4.74 Å². The third-order valence-electron chi connectivity index (χ3n) is 2.94. The molecule has 0 aliphatic heterocycles. The molecular formula is C16H19BrN2O. The number of ether oxygens (including phenoxy) is 1. The van der Waals surface area contributed by atoms with Crippen molar-refractivity contribution in [3.8, 4) is 11.5 Å². The van der Waals surface area contributed by atoms with E-state index in [-0.39, 0.29) is 6.04 Å². The first-order valence-electron chi connectivity index (χ1n) is 6.82. The van der Waals surface area contributed by atoms with Crippen LogP contribution in [0.5, 0.6) is 11.5 Å². The maximum absolute atomic E-state index is 5.76. The molecular weight excluding hydrogens is 316 g/mol. The van der Waals surface area contributed by atoms with E-state index in [1.807, 2.05) is 36.4 Å². The monoisotopic (exact) mass is 334 g/mol. The molecule has 0 radical (unpaired) electrons. The van der Waals surface area contributed by atoms with Gasteiger partial charge in [-0.3, -0.25) is 4.98 Å². The summed E-state index contributed by atoms with van der Waals surface area (Å²) in [7, 11) is 0. The molecule has 1 atom stereocenters. The number of rotatable bonds is 6. The highest BCUT2D eigenvalue weighted by molar-refractivity contribution is 9.10. The van der Waals surface area contributed by atoms with Crippen LogP contribution in [0.3, 0.4) is 0 Å². The lowest BCUT2D eigenvalue weighted by Gasteiger charge is -2.13. The van der Waals surface area contributed by atoms with Gasteiger partial charge in [-0.05, 0) is 50.2 Å². The van der Waals surface area contributed by atoms with Gasteiger partial charge >= 0.3 is 0 Å². The molecule has 1 N–H and O–H groups in total. The minimum atomic E-state index is 0.259. The van der Waals surface area contributed by atoms with Gasteiger partial charge in [0.25, 0.3) is 0 Å². The fraction of sp³-hybridized carbons (Fsp3) is 0.312. The van der Waals surface area contributed by atoms with Gasteiger partial charge in [-0.15, -0.1) is 0 Å². The summed E-state index contributed by atoms with van der Waals surface area (Å²) in [4.78, 5) is 4.45. The van der Waals surface area contributed by atoms with Crippen LogP contribution in [0, 0.1) is 0 Å². The first kappa shape index (κ1) is 15.0. The lowest BCUT2D eigenvalue weighted by Crippen LogP contribution is -2.20. The van der Waals surface area contributed by atoms with E-state index in [9.17, 15) is 0 Å². The van der Waals surface area contributed by atoms with Crippen LogP contribution >= 0.6 is 15.9 Å². The summed E-state index contributed by atoms with van der Waals surface area (Å²) in [6.45, 7) is 5.27. The van der Waals surface area contributed by atoms with Crippen molar-refractivity contribution >= 4 is 15.9 Å². The molecule has 0 aliphatic carbocycles. The number of nitrogens with one attached hydrogen (secondary N) is 1. The Morgan fingerprint density at radius 1 is 1.25 bits per heavy atom. The minimum absolute atomic E-state index is 0.259. The van der Waals surface area contributed by atoms with Crippen molar-refractivity contribution in [3.63, 3.8) is 0 Å². The standard InChI is InChI=1S/C16H19BrN2O/c1-3-9-18-12(2)16-8-7-15(11-19-16)20-14-6-4-5-13(17)10-14/h4-8,10-12,18H,3,9H2,1-2H3. The SMILES string of the molecule is CCCNC(C)c1ccc(Oc2cccc(Br)c2)cn1. The Morgan fingerprint density at radius 3 is 2.75 bits per heavy atom. The molecule has 0 amide bonds. The molecule has 106 valence electrons. The van der Waals surface area contributed by atoms with Crippen LogP contribution in [0.25, 0.3) is 0 Å². The van der Waals surface area contributed by atoms with E-state index >= 15 is 0 Å². The van der Waals surface area contributed by atoms with Crippen LogP contribution in [-0.2, 0) is 0 Å². The highest BCUT2D eigenvalue weighted by atomic mass is 79.9. The quantitative estimate of drug-likeness (QED) is 0.831. The average molecular weight is 335 g/mol. The summed E-state index contributed by atoms with van der Waals surface area (Å²) >= 11 is 3.43. The van der Waals surface area contributed by atoms with Gasteiger partial charge in [-0.1, -0.05) is 28.9 Å². The number of hydrogen-bond acceptors (Lipinski definition) is 3. The van der Waals surface area contributed by atoms with Crippen LogP contribution in [-0.4, -0.2) is 11.5 Å². The van der Waals surface area contributed by atoms with Crippen molar-refractivity contribution in [3.05, 3.63) is 52.8 Å². The molecule has 2 rings (SSSR count). The van der Waals surface area contributed by atoms with Gasteiger partial charge < -0.3 is 10.1 Å². The van der Waals surface area contributed by atoms with E-state index in [2.05, 4.69) is 40.1 Å². The molecule has 0 fully saturated rings. The van der Waals surface area contributed by atoms with Crippen LogP contribution in [0.4, 0.5) is 0 Å². The van der Waals surface area contributed by atoms with Crippen LogP contribution in [0.2, 0.25) is 0 Å². The number of halogens is 1. The highest BCUT2D eigenvalue weighted by Crippen LogP contribution is 2.24. The Hall–Kier alpha value is -1.39. The van der Waals surface area contributed by atoms with Gasteiger partial charge in [0.15, 0.2) is 0 Å². The van der Waals surface area contributed by atoms with Crippen LogP contribution in [0.1, 0.15) is 32.0 Å². The molecule has 20 heavy (non-hydrogen) atoms. The minimum Gasteiger partial charge on any atom is -0.456 e. The van der Waals surface area contributed by atoms with E-state index in [4.69, 9.17) is 4.74 Å². The van der Waals surface area contributed by atoms with Gasteiger partial charge in [-0.2, -0.15) is 0 Å². The lowest BCUT2D eigenvalue weighted by molar-refractivity contribution is 0.477. The largest absolute Gasteiger partial charge is 0.456 e. The number of nitrogens with zero attached hydrogens (tertiary/aromatic N) is 1. The molecule has 0 saturated heterocycles. The summed E-state index contributed by atoms with van der Waals surface area (Å²) in [6, 6.07) is 12.0. The fourth-order valence-electron chi connectivity index (χ4n) is 1.84. The second kappa shape index (κ2) is 7.41. The molecule has 1 heterocycles. The zero-order valence-electron chi connectivity index (χ0n) is 11.8. The van der Waals surface area contributed by atoms with Crippen molar-refractivity contribution in [2.45, 2.75) is 26.3 Å². The van der Waals surface area contributed by atoms with E-state index in [0.717, 1.165) is 34.6 Å². The van der Waals surface area contributed by atoms with Crippen molar-refractivity contribution in [1.82, 2.24) is 10.3 Å². The third-order valence-corrected chi connectivity index (χ3v) is 3.43. The lowest BCUT2D eigenvalue weighted by atomic mass is 10.2. The highest BCUT2D eigenvalue weighted by Gasteiger charge is 2.06. The average Bonchev–Trinajstić information content (AvgIpc) is 2.45. The van der Waals surface area contributed by atoms with Crippen molar-refractivity contribution in [1.29, 1.82) is 0 Å². The van der Waals surface area contributed by atoms with Crippen molar-refractivity contribution in [2.75, 3.05) is 6.54 Å². The van der Waals surface area contributed by atoms with Gasteiger partial charge in [0.1, 0.15) is 11.5 Å². The topological polar surface area (TPSA) is 34.1 Å².